The third-order valence-electron chi connectivity index (χ3n) is 2.84. The van der Waals surface area contributed by atoms with E-state index in [4.69, 9.17) is 17.4 Å². The van der Waals surface area contributed by atoms with Crippen molar-refractivity contribution in [1.29, 1.82) is 0 Å². The Bertz CT molecular complexity index is 487. The number of hydrazine groups is 1. The van der Waals surface area contributed by atoms with Crippen molar-refractivity contribution in [3.05, 3.63) is 42.1 Å². The number of nitrogens with zero attached hydrogens (tertiary/aromatic N) is 1. The molecule has 0 aliphatic carbocycles. The van der Waals surface area contributed by atoms with Gasteiger partial charge in [0.1, 0.15) is 0 Å². The van der Waals surface area contributed by atoms with Gasteiger partial charge in [0.25, 0.3) is 0 Å². The van der Waals surface area contributed by atoms with Crippen LogP contribution in [0.4, 0.5) is 0 Å². The van der Waals surface area contributed by atoms with Crippen molar-refractivity contribution in [3.63, 3.8) is 0 Å². The van der Waals surface area contributed by atoms with Gasteiger partial charge in [-0.15, -0.1) is 11.6 Å². The van der Waals surface area contributed by atoms with Crippen LogP contribution >= 0.6 is 11.6 Å². The Morgan fingerprint density at radius 1 is 1.35 bits per heavy atom. The van der Waals surface area contributed by atoms with Crippen LogP contribution in [0.25, 0.3) is 10.9 Å². The molecule has 3 N–H and O–H groups in total. The molecule has 0 fully saturated rings. The molecule has 90 valence electrons. The highest BCUT2D eigenvalue weighted by atomic mass is 35.5. The lowest BCUT2D eigenvalue weighted by Crippen LogP contribution is -2.28. The molecule has 1 unspecified atom stereocenters. The minimum Gasteiger partial charge on any atom is -0.271 e. The number of rotatable bonds is 5. The highest BCUT2D eigenvalue weighted by molar-refractivity contribution is 6.17. The van der Waals surface area contributed by atoms with Crippen molar-refractivity contribution in [1.82, 2.24) is 10.4 Å². The molecule has 2 rings (SSSR count). The lowest BCUT2D eigenvalue weighted by Gasteiger charge is -2.15. The Morgan fingerprint density at radius 2 is 2.18 bits per heavy atom. The molecule has 17 heavy (non-hydrogen) atoms. The summed E-state index contributed by atoms with van der Waals surface area (Å²) in [6, 6.07) is 10.3. The van der Waals surface area contributed by atoms with Gasteiger partial charge in [-0.1, -0.05) is 18.2 Å². The van der Waals surface area contributed by atoms with E-state index in [-0.39, 0.29) is 6.04 Å². The molecule has 1 heterocycles. The topological polar surface area (TPSA) is 50.9 Å². The van der Waals surface area contributed by atoms with Crippen LogP contribution in [0.1, 0.15) is 24.4 Å². The van der Waals surface area contributed by atoms with Gasteiger partial charge in [0.2, 0.25) is 0 Å². The first-order valence-electron chi connectivity index (χ1n) is 5.72. The zero-order valence-electron chi connectivity index (χ0n) is 9.57. The van der Waals surface area contributed by atoms with E-state index in [0.29, 0.717) is 5.88 Å². The number of alkyl halides is 1. The van der Waals surface area contributed by atoms with E-state index in [1.165, 1.54) is 0 Å². The van der Waals surface area contributed by atoms with Gasteiger partial charge in [0, 0.05) is 23.5 Å². The second kappa shape index (κ2) is 5.96. The summed E-state index contributed by atoms with van der Waals surface area (Å²) in [5.74, 6) is 6.22. The van der Waals surface area contributed by atoms with Gasteiger partial charge in [-0.05, 0) is 30.5 Å². The van der Waals surface area contributed by atoms with Crippen LogP contribution in [0.5, 0.6) is 0 Å². The average Bonchev–Trinajstić information content (AvgIpc) is 2.39. The van der Waals surface area contributed by atoms with Crippen LogP contribution in [0.2, 0.25) is 0 Å². The molecular formula is C13H16ClN3. The maximum Gasteiger partial charge on any atom is 0.0702 e. The van der Waals surface area contributed by atoms with Crippen molar-refractivity contribution in [2.45, 2.75) is 18.9 Å². The van der Waals surface area contributed by atoms with Gasteiger partial charge in [-0.25, -0.2) is 0 Å². The minimum absolute atomic E-state index is 0.117. The molecule has 1 aromatic carbocycles. The molecule has 2 aromatic rings. The van der Waals surface area contributed by atoms with Crippen molar-refractivity contribution < 1.29 is 0 Å². The largest absolute Gasteiger partial charge is 0.271 e. The predicted molar refractivity (Wildman–Crippen MR) is 71.8 cm³/mol. The zero-order valence-corrected chi connectivity index (χ0v) is 10.3. The molecule has 1 atom stereocenters. The van der Waals surface area contributed by atoms with Crippen LogP contribution in [0.15, 0.2) is 36.5 Å². The van der Waals surface area contributed by atoms with Crippen molar-refractivity contribution in [2.24, 2.45) is 5.84 Å². The smallest absolute Gasteiger partial charge is 0.0702 e. The first-order chi connectivity index (χ1) is 8.35. The Hall–Kier alpha value is -1.16. The molecule has 0 aliphatic rings. The fraction of sp³-hybridized carbons (Fsp3) is 0.308. The van der Waals surface area contributed by atoms with Gasteiger partial charge in [-0.2, -0.15) is 0 Å². The molecule has 0 saturated heterocycles. The van der Waals surface area contributed by atoms with Gasteiger partial charge < -0.3 is 0 Å². The fourth-order valence-corrected chi connectivity index (χ4v) is 2.06. The van der Waals surface area contributed by atoms with E-state index in [9.17, 15) is 0 Å². The Labute approximate surface area is 106 Å². The summed E-state index contributed by atoms with van der Waals surface area (Å²) in [7, 11) is 0. The third kappa shape index (κ3) is 2.94. The zero-order chi connectivity index (χ0) is 12.1. The van der Waals surface area contributed by atoms with Crippen molar-refractivity contribution >= 4 is 22.5 Å². The van der Waals surface area contributed by atoms with E-state index < -0.39 is 0 Å². The van der Waals surface area contributed by atoms with Crippen LogP contribution in [-0.2, 0) is 0 Å². The number of halogens is 1. The van der Waals surface area contributed by atoms with Crippen LogP contribution in [0.3, 0.4) is 0 Å². The molecule has 0 aliphatic heterocycles. The molecule has 0 spiro atoms. The normalized spacial score (nSPS) is 12.8. The fourth-order valence-electron chi connectivity index (χ4n) is 1.91. The summed E-state index contributed by atoms with van der Waals surface area (Å²) < 4.78 is 0. The van der Waals surface area contributed by atoms with E-state index in [2.05, 4.69) is 22.5 Å². The Kier molecular flexibility index (Phi) is 4.31. The van der Waals surface area contributed by atoms with Gasteiger partial charge >= 0.3 is 0 Å². The second-order valence-corrected chi connectivity index (χ2v) is 4.39. The van der Waals surface area contributed by atoms with Crippen molar-refractivity contribution in [2.75, 3.05) is 5.88 Å². The Balaban J connectivity index is 2.27. The first kappa shape index (κ1) is 12.3. The number of aromatic nitrogens is 1. The molecule has 0 saturated carbocycles. The summed E-state index contributed by atoms with van der Waals surface area (Å²) in [5, 5.41) is 1.14. The van der Waals surface area contributed by atoms with Gasteiger partial charge in [-0.3, -0.25) is 16.3 Å². The number of fused-ring (bicyclic) bond motifs is 1. The SMILES string of the molecule is NNC(CCCCl)c1cnc2ccccc2c1. The summed E-state index contributed by atoms with van der Waals surface area (Å²) in [6.45, 7) is 0. The molecule has 0 amide bonds. The summed E-state index contributed by atoms with van der Waals surface area (Å²) >= 11 is 5.70. The molecule has 0 radical (unpaired) electrons. The summed E-state index contributed by atoms with van der Waals surface area (Å²) in [4.78, 5) is 4.43. The highest BCUT2D eigenvalue weighted by Gasteiger charge is 2.10. The quantitative estimate of drug-likeness (QED) is 0.487. The lowest BCUT2D eigenvalue weighted by atomic mass is 10.0. The molecule has 1 aromatic heterocycles. The monoisotopic (exact) mass is 249 g/mol. The Morgan fingerprint density at radius 3 is 2.94 bits per heavy atom. The first-order valence-corrected chi connectivity index (χ1v) is 6.25. The van der Waals surface area contributed by atoms with E-state index in [1.807, 2.05) is 24.4 Å². The van der Waals surface area contributed by atoms with E-state index >= 15 is 0 Å². The molecular weight excluding hydrogens is 234 g/mol. The van der Waals surface area contributed by atoms with Crippen LogP contribution in [0, 0.1) is 0 Å². The van der Waals surface area contributed by atoms with E-state index in [1.54, 1.807) is 0 Å². The highest BCUT2D eigenvalue weighted by Crippen LogP contribution is 2.21. The van der Waals surface area contributed by atoms with Crippen molar-refractivity contribution in [3.8, 4) is 0 Å². The van der Waals surface area contributed by atoms with Crippen LogP contribution < -0.4 is 11.3 Å². The number of nitrogens with two attached hydrogens (primary N) is 1. The second-order valence-electron chi connectivity index (χ2n) is 4.01. The van der Waals surface area contributed by atoms with Crippen LogP contribution in [-0.4, -0.2) is 10.9 Å². The number of benzene rings is 1. The predicted octanol–water partition coefficient (Wildman–Crippen LogP) is 2.76. The molecule has 4 heteroatoms. The number of hydrogen-bond donors (Lipinski definition) is 2. The number of pyridine rings is 1. The summed E-state index contributed by atoms with van der Waals surface area (Å²) in [6.07, 6.45) is 3.73. The van der Waals surface area contributed by atoms with Gasteiger partial charge in [0.05, 0.1) is 5.52 Å². The standard InChI is InChI=1S/C13H16ClN3/c14-7-3-6-13(17-15)11-8-10-4-1-2-5-12(10)16-9-11/h1-2,4-5,8-9,13,17H,3,6-7,15H2. The summed E-state index contributed by atoms with van der Waals surface area (Å²) in [5.41, 5.74) is 4.93. The number of hydrogen-bond acceptors (Lipinski definition) is 3. The maximum absolute atomic E-state index is 5.70. The average molecular weight is 250 g/mol. The maximum atomic E-state index is 5.70. The lowest BCUT2D eigenvalue weighted by molar-refractivity contribution is 0.510. The third-order valence-corrected chi connectivity index (χ3v) is 3.11. The van der Waals surface area contributed by atoms with Gasteiger partial charge in [0.15, 0.2) is 0 Å². The molecule has 0 bridgehead atoms. The molecule has 3 nitrogen and oxygen atoms in total. The minimum atomic E-state index is 0.117. The van der Waals surface area contributed by atoms with E-state index in [0.717, 1.165) is 29.3 Å². The number of nitrogens with one attached hydrogen (secondary N) is 1. The number of para-hydroxylation sites is 1.